The molecule has 4 rings (SSSR count). The highest BCUT2D eigenvalue weighted by Crippen LogP contribution is 2.24. The van der Waals surface area contributed by atoms with Crippen molar-refractivity contribution < 1.29 is 14.7 Å². The highest BCUT2D eigenvalue weighted by molar-refractivity contribution is 5.90. The average molecular weight is 381 g/mol. The number of nitrogens with one attached hydrogen (secondary N) is 1. The first-order valence-corrected chi connectivity index (χ1v) is 8.85. The van der Waals surface area contributed by atoms with E-state index in [1.165, 1.54) is 6.33 Å². The molecule has 0 bridgehead atoms. The number of hydrogen-bond donors (Lipinski definition) is 2. The van der Waals surface area contributed by atoms with Gasteiger partial charge in [0.25, 0.3) is 5.91 Å². The van der Waals surface area contributed by atoms with Crippen molar-refractivity contribution in [1.82, 2.24) is 34.8 Å². The Morgan fingerprint density at radius 3 is 2.43 bits per heavy atom. The Hall–Kier alpha value is -3.53. The largest absolute Gasteiger partial charge is 0.480 e. The lowest BCUT2D eigenvalue weighted by molar-refractivity contribution is -0.144. The predicted octanol–water partition coefficient (Wildman–Crippen LogP) is 0.574. The van der Waals surface area contributed by atoms with E-state index in [0.717, 1.165) is 5.69 Å². The normalized spacial score (nSPS) is 16.1. The van der Waals surface area contributed by atoms with Crippen LogP contribution in [0.1, 0.15) is 22.2 Å². The molecule has 10 heteroatoms. The second kappa shape index (κ2) is 7.61. The average Bonchev–Trinajstić information content (AvgIpc) is 3.43. The first-order chi connectivity index (χ1) is 13.6. The second-order valence-electron chi connectivity index (χ2n) is 6.45. The van der Waals surface area contributed by atoms with Gasteiger partial charge in [0.05, 0.1) is 5.69 Å². The fraction of sp³-hybridized carbons (Fsp3) is 0.278. The molecule has 1 aliphatic heterocycles. The van der Waals surface area contributed by atoms with Crippen LogP contribution in [0, 0.1) is 0 Å². The number of rotatable bonds is 5. The quantitative estimate of drug-likeness (QED) is 0.663. The first-order valence-electron chi connectivity index (χ1n) is 8.85. The maximum atomic E-state index is 12.3. The summed E-state index contributed by atoms with van der Waals surface area (Å²) < 4.78 is 1.72. The molecule has 2 N–H and O–H groups in total. The Balaban J connectivity index is 1.46. The molecule has 3 aromatic rings. The van der Waals surface area contributed by atoms with E-state index in [0.29, 0.717) is 31.7 Å². The number of piperazine rings is 1. The molecule has 1 aliphatic rings. The van der Waals surface area contributed by atoms with Gasteiger partial charge in [-0.1, -0.05) is 12.1 Å². The van der Waals surface area contributed by atoms with Gasteiger partial charge in [0.1, 0.15) is 12.4 Å². The summed E-state index contributed by atoms with van der Waals surface area (Å²) in [5, 5.41) is 20.2. The van der Waals surface area contributed by atoms with Gasteiger partial charge in [-0.05, 0) is 23.8 Å². The molecule has 0 radical (unpaired) electrons. The Kier molecular flexibility index (Phi) is 4.85. The monoisotopic (exact) mass is 381 g/mol. The van der Waals surface area contributed by atoms with E-state index in [-0.39, 0.29) is 11.7 Å². The molecule has 2 aromatic heterocycles. The number of H-pyrrole nitrogens is 1. The lowest BCUT2D eigenvalue weighted by Gasteiger charge is -2.37. The van der Waals surface area contributed by atoms with Crippen LogP contribution in [-0.4, -0.2) is 77.9 Å². The molecule has 0 spiro atoms. The van der Waals surface area contributed by atoms with Crippen molar-refractivity contribution >= 4 is 11.9 Å². The molecule has 1 saturated heterocycles. The van der Waals surface area contributed by atoms with E-state index in [2.05, 4.69) is 20.3 Å². The third-order valence-corrected chi connectivity index (χ3v) is 4.80. The standard InChI is InChI=1S/C18H19N7O3/c26-17(16-19-12-20-22-16)24-10-8-23(9-11-24)15(18(27)28)13-2-4-14(5-3-13)25-7-1-6-21-25/h1-7,12,15H,8-11H2,(H,27,28)(H,19,20,22). The molecule has 1 atom stereocenters. The summed E-state index contributed by atoms with van der Waals surface area (Å²) in [5.41, 5.74) is 1.55. The van der Waals surface area contributed by atoms with E-state index in [9.17, 15) is 14.7 Å². The van der Waals surface area contributed by atoms with Gasteiger partial charge < -0.3 is 10.0 Å². The van der Waals surface area contributed by atoms with Crippen molar-refractivity contribution in [1.29, 1.82) is 0 Å². The van der Waals surface area contributed by atoms with Gasteiger partial charge in [-0.15, -0.1) is 0 Å². The summed E-state index contributed by atoms with van der Waals surface area (Å²) in [4.78, 5) is 31.7. The zero-order chi connectivity index (χ0) is 19.5. The summed E-state index contributed by atoms with van der Waals surface area (Å²) in [7, 11) is 0. The lowest BCUT2D eigenvalue weighted by Crippen LogP contribution is -2.51. The number of carbonyl (C=O) groups is 2. The molecule has 1 fully saturated rings. The molecular formula is C18H19N7O3. The minimum absolute atomic E-state index is 0.192. The molecule has 10 nitrogen and oxygen atoms in total. The van der Waals surface area contributed by atoms with Gasteiger partial charge in [0.15, 0.2) is 0 Å². The van der Waals surface area contributed by atoms with Crippen molar-refractivity contribution in [2.75, 3.05) is 26.2 Å². The summed E-state index contributed by atoms with van der Waals surface area (Å²) in [6.45, 7) is 1.76. The van der Waals surface area contributed by atoms with Crippen LogP contribution in [-0.2, 0) is 4.79 Å². The van der Waals surface area contributed by atoms with Crippen LogP contribution in [0.4, 0.5) is 0 Å². The molecule has 144 valence electrons. The van der Waals surface area contributed by atoms with E-state index in [1.54, 1.807) is 15.8 Å². The van der Waals surface area contributed by atoms with Gasteiger partial charge in [-0.3, -0.25) is 19.6 Å². The molecule has 1 amide bonds. The number of aromatic nitrogens is 5. The number of carboxylic acid groups (broad SMARTS) is 1. The molecule has 0 saturated carbocycles. The zero-order valence-electron chi connectivity index (χ0n) is 15.0. The number of aromatic amines is 1. The van der Waals surface area contributed by atoms with E-state index in [4.69, 9.17) is 0 Å². The number of carbonyl (C=O) groups excluding carboxylic acids is 1. The maximum absolute atomic E-state index is 12.3. The van der Waals surface area contributed by atoms with Crippen LogP contribution >= 0.6 is 0 Å². The number of benzene rings is 1. The number of carboxylic acids is 1. The topological polar surface area (TPSA) is 120 Å². The highest BCUT2D eigenvalue weighted by atomic mass is 16.4. The van der Waals surface area contributed by atoms with Crippen molar-refractivity contribution in [3.63, 3.8) is 0 Å². The van der Waals surface area contributed by atoms with Gasteiger partial charge in [0, 0.05) is 38.6 Å². The van der Waals surface area contributed by atoms with E-state index in [1.807, 2.05) is 41.4 Å². The lowest BCUT2D eigenvalue weighted by atomic mass is 10.0. The number of nitrogens with zero attached hydrogens (tertiary/aromatic N) is 6. The Morgan fingerprint density at radius 1 is 1.11 bits per heavy atom. The smallest absolute Gasteiger partial charge is 0.325 e. The van der Waals surface area contributed by atoms with Crippen LogP contribution in [0.3, 0.4) is 0 Å². The zero-order valence-corrected chi connectivity index (χ0v) is 15.0. The second-order valence-corrected chi connectivity index (χ2v) is 6.45. The Bertz CT molecular complexity index is 930. The molecule has 1 unspecified atom stereocenters. The predicted molar refractivity (Wildman–Crippen MR) is 97.8 cm³/mol. The van der Waals surface area contributed by atoms with Crippen LogP contribution in [0.5, 0.6) is 0 Å². The van der Waals surface area contributed by atoms with Crippen molar-refractivity contribution in [3.05, 3.63) is 60.4 Å². The number of aliphatic carboxylic acids is 1. The minimum Gasteiger partial charge on any atom is -0.480 e. The molecule has 1 aromatic carbocycles. The third kappa shape index (κ3) is 3.49. The van der Waals surface area contributed by atoms with Crippen LogP contribution < -0.4 is 0 Å². The van der Waals surface area contributed by atoms with E-state index < -0.39 is 12.0 Å². The fourth-order valence-corrected chi connectivity index (χ4v) is 3.38. The minimum atomic E-state index is -0.915. The maximum Gasteiger partial charge on any atom is 0.325 e. The third-order valence-electron chi connectivity index (χ3n) is 4.80. The molecule has 0 aliphatic carbocycles. The molecule has 28 heavy (non-hydrogen) atoms. The fourth-order valence-electron chi connectivity index (χ4n) is 3.38. The van der Waals surface area contributed by atoms with Crippen molar-refractivity contribution in [3.8, 4) is 5.69 Å². The summed E-state index contributed by atoms with van der Waals surface area (Å²) in [5.74, 6) is -0.952. The number of amides is 1. The SMILES string of the molecule is O=C(O)C(c1ccc(-n2cccn2)cc1)N1CCN(C(=O)c2ncn[nH]2)CC1. The number of hydrogen-bond acceptors (Lipinski definition) is 6. The van der Waals surface area contributed by atoms with Gasteiger partial charge in [0.2, 0.25) is 5.82 Å². The summed E-state index contributed by atoms with van der Waals surface area (Å²) >= 11 is 0. The van der Waals surface area contributed by atoms with Crippen molar-refractivity contribution in [2.24, 2.45) is 0 Å². The van der Waals surface area contributed by atoms with Gasteiger partial charge in [-0.2, -0.15) is 10.2 Å². The Labute approximate surface area is 160 Å². The summed E-state index contributed by atoms with van der Waals surface area (Å²) in [6, 6.07) is 8.37. The summed E-state index contributed by atoms with van der Waals surface area (Å²) in [6.07, 6.45) is 4.80. The first kappa shape index (κ1) is 17.9. The highest BCUT2D eigenvalue weighted by Gasteiger charge is 2.32. The Morgan fingerprint density at radius 2 is 1.86 bits per heavy atom. The van der Waals surface area contributed by atoms with Gasteiger partial charge in [-0.25, -0.2) is 9.67 Å². The van der Waals surface area contributed by atoms with E-state index >= 15 is 0 Å². The van der Waals surface area contributed by atoms with Crippen LogP contribution in [0.15, 0.2) is 49.1 Å². The van der Waals surface area contributed by atoms with Crippen LogP contribution in [0.25, 0.3) is 5.69 Å². The van der Waals surface area contributed by atoms with Crippen LogP contribution in [0.2, 0.25) is 0 Å². The van der Waals surface area contributed by atoms with Gasteiger partial charge >= 0.3 is 5.97 Å². The van der Waals surface area contributed by atoms with Crippen molar-refractivity contribution in [2.45, 2.75) is 6.04 Å². The molecule has 3 heterocycles. The molecular weight excluding hydrogens is 362 g/mol.